The Bertz CT molecular complexity index is 544. The predicted octanol–water partition coefficient (Wildman–Crippen LogP) is 1.09. The average molecular weight is 358 g/mol. The van der Waals surface area contributed by atoms with E-state index < -0.39 is 0 Å². The highest BCUT2D eigenvalue weighted by molar-refractivity contribution is 5.85. The molecule has 1 aliphatic carbocycles. The van der Waals surface area contributed by atoms with Gasteiger partial charge >= 0.3 is 0 Å². The maximum absolute atomic E-state index is 12.8. The van der Waals surface area contributed by atoms with E-state index >= 15 is 0 Å². The fraction of sp³-hybridized carbons (Fsp3) is 0.812. The van der Waals surface area contributed by atoms with Crippen LogP contribution in [0.25, 0.3) is 0 Å². The van der Waals surface area contributed by atoms with Crippen LogP contribution in [0, 0.1) is 5.92 Å². The molecule has 1 aliphatic heterocycles. The van der Waals surface area contributed by atoms with E-state index in [0.717, 1.165) is 51.0 Å². The first-order valence-electron chi connectivity index (χ1n) is 8.51. The quantitative estimate of drug-likeness (QED) is 0.874. The van der Waals surface area contributed by atoms with Gasteiger partial charge in [0.05, 0.1) is 6.10 Å². The number of nitrogens with zero attached hydrogens (tertiary/aromatic N) is 4. The minimum absolute atomic E-state index is 0. The third-order valence-corrected chi connectivity index (χ3v) is 5.41. The highest BCUT2D eigenvalue weighted by Gasteiger charge is 2.35. The maximum atomic E-state index is 12.8. The Kier molecular flexibility index (Phi) is 6.60. The molecular formula is C16H28ClN5O2. The van der Waals surface area contributed by atoms with Gasteiger partial charge in [0.1, 0.15) is 12.2 Å². The molecule has 3 rings (SSSR count). The number of hydrogen-bond donors (Lipinski definition) is 1. The van der Waals surface area contributed by atoms with E-state index in [1.807, 2.05) is 16.5 Å². The van der Waals surface area contributed by atoms with E-state index in [1.54, 1.807) is 13.4 Å². The second kappa shape index (κ2) is 8.27. The molecule has 1 saturated carbocycles. The molecule has 1 aromatic heterocycles. The number of carbonyl (C=O) groups is 1. The van der Waals surface area contributed by atoms with Crippen LogP contribution in [0.1, 0.15) is 43.8 Å². The summed E-state index contributed by atoms with van der Waals surface area (Å²) in [6, 6.07) is 0.0608. The minimum Gasteiger partial charge on any atom is -0.380 e. The van der Waals surface area contributed by atoms with Crippen LogP contribution in [-0.2, 0) is 16.6 Å². The van der Waals surface area contributed by atoms with Gasteiger partial charge in [0, 0.05) is 45.1 Å². The van der Waals surface area contributed by atoms with Crippen LogP contribution in [0.3, 0.4) is 0 Å². The van der Waals surface area contributed by atoms with Crippen molar-refractivity contribution >= 4 is 18.3 Å². The van der Waals surface area contributed by atoms with Crippen molar-refractivity contribution in [3.63, 3.8) is 0 Å². The molecule has 136 valence electrons. The van der Waals surface area contributed by atoms with Crippen LogP contribution in [0.15, 0.2) is 6.33 Å². The number of aryl methyl sites for hydroxylation is 1. The van der Waals surface area contributed by atoms with E-state index in [-0.39, 0.29) is 36.4 Å². The fourth-order valence-electron chi connectivity index (χ4n) is 3.93. The van der Waals surface area contributed by atoms with Crippen LogP contribution in [0.2, 0.25) is 0 Å². The van der Waals surface area contributed by atoms with Gasteiger partial charge in [-0.2, -0.15) is 0 Å². The lowest BCUT2D eigenvalue weighted by atomic mass is 9.83. The van der Waals surface area contributed by atoms with E-state index in [0.29, 0.717) is 5.92 Å². The van der Waals surface area contributed by atoms with Gasteiger partial charge in [0.25, 0.3) is 0 Å². The monoisotopic (exact) mass is 357 g/mol. The standard InChI is InChI=1S/C16H27N5O2.ClH/c1-20-10-18-19-15(20)11-5-7-21(8-6-11)16(22)12-3-4-13(17)14(9-12)23-2;/h10-14H,3-9,17H2,1-2H3;1H/t12-,13+,14+;/m0./s1. The van der Waals surface area contributed by atoms with Crippen molar-refractivity contribution in [2.45, 2.75) is 50.2 Å². The minimum atomic E-state index is 0. The zero-order valence-electron chi connectivity index (χ0n) is 14.4. The van der Waals surface area contributed by atoms with Crippen molar-refractivity contribution in [1.82, 2.24) is 19.7 Å². The first-order valence-corrected chi connectivity index (χ1v) is 8.51. The van der Waals surface area contributed by atoms with Gasteiger partial charge in [-0.1, -0.05) is 0 Å². The molecule has 1 aromatic rings. The summed E-state index contributed by atoms with van der Waals surface area (Å²) < 4.78 is 7.42. The van der Waals surface area contributed by atoms with Gasteiger partial charge in [-0.15, -0.1) is 22.6 Å². The molecule has 0 aromatic carbocycles. The summed E-state index contributed by atoms with van der Waals surface area (Å²) in [5.74, 6) is 1.76. The number of rotatable bonds is 3. The average Bonchev–Trinajstić information content (AvgIpc) is 3.01. The molecule has 0 unspecified atom stereocenters. The summed E-state index contributed by atoms with van der Waals surface area (Å²) >= 11 is 0. The smallest absolute Gasteiger partial charge is 0.225 e. The molecule has 8 heteroatoms. The van der Waals surface area contributed by atoms with Gasteiger partial charge < -0.3 is 19.9 Å². The first kappa shape index (κ1) is 19.1. The third-order valence-electron chi connectivity index (χ3n) is 5.41. The molecule has 2 heterocycles. The van der Waals surface area contributed by atoms with Crippen LogP contribution >= 0.6 is 12.4 Å². The number of likely N-dealkylation sites (tertiary alicyclic amines) is 1. The molecule has 1 saturated heterocycles. The number of ether oxygens (including phenoxy) is 1. The van der Waals surface area contributed by atoms with Crippen molar-refractivity contribution in [2.75, 3.05) is 20.2 Å². The summed E-state index contributed by atoms with van der Waals surface area (Å²) in [7, 11) is 3.66. The lowest BCUT2D eigenvalue weighted by Gasteiger charge is -2.37. The summed E-state index contributed by atoms with van der Waals surface area (Å²) in [5.41, 5.74) is 6.05. The lowest BCUT2D eigenvalue weighted by Crippen LogP contribution is -2.48. The van der Waals surface area contributed by atoms with Crippen molar-refractivity contribution in [1.29, 1.82) is 0 Å². The van der Waals surface area contributed by atoms with Crippen molar-refractivity contribution in [2.24, 2.45) is 18.7 Å². The summed E-state index contributed by atoms with van der Waals surface area (Å²) in [6.45, 7) is 1.60. The predicted molar refractivity (Wildman–Crippen MR) is 92.9 cm³/mol. The zero-order valence-corrected chi connectivity index (χ0v) is 15.2. The largest absolute Gasteiger partial charge is 0.380 e. The normalized spacial score (nSPS) is 28.5. The number of nitrogens with two attached hydrogens (primary N) is 1. The van der Waals surface area contributed by atoms with Crippen molar-refractivity contribution in [3.05, 3.63) is 12.2 Å². The van der Waals surface area contributed by atoms with E-state index in [1.165, 1.54) is 0 Å². The number of amides is 1. The number of aromatic nitrogens is 3. The van der Waals surface area contributed by atoms with Crippen LogP contribution in [-0.4, -0.2) is 57.9 Å². The Hall–Kier alpha value is -1.18. The summed E-state index contributed by atoms with van der Waals surface area (Å²) in [5, 5.41) is 8.16. The SMILES string of the molecule is CO[C@@H]1C[C@@H](C(=O)N2CCC(c3nncn3C)CC2)CC[C@H]1N.Cl. The van der Waals surface area contributed by atoms with Gasteiger partial charge in [-0.05, 0) is 32.1 Å². The van der Waals surface area contributed by atoms with Gasteiger partial charge in [-0.25, -0.2) is 0 Å². The molecule has 0 radical (unpaired) electrons. The Balaban J connectivity index is 0.00000208. The Labute approximate surface area is 149 Å². The van der Waals surface area contributed by atoms with Crippen molar-refractivity contribution in [3.8, 4) is 0 Å². The van der Waals surface area contributed by atoms with Crippen molar-refractivity contribution < 1.29 is 9.53 Å². The number of hydrogen-bond acceptors (Lipinski definition) is 5. The van der Waals surface area contributed by atoms with Crippen LogP contribution < -0.4 is 5.73 Å². The molecule has 24 heavy (non-hydrogen) atoms. The summed E-state index contributed by atoms with van der Waals surface area (Å²) in [4.78, 5) is 14.8. The highest BCUT2D eigenvalue weighted by Crippen LogP contribution is 2.31. The fourth-order valence-corrected chi connectivity index (χ4v) is 3.93. The lowest BCUT2D eigenvalue weighted by molar-refractivity contribution is -0.139. The number of methoxy groups -OCH3 is 1. The molecule has 2 aliphatic rings. The topological polar surface area (TPSA) is 86.3 Å². The number of carbonyl (C=O) groups excluding carboxylic acids is 1. The number of halogens is 1. The van der Waals surface area contributed by atoms with Gasteiger partial charge in [-0.3, -0.25) is 4.79 Å². The Morgan fingerprint density at radius 2 is 2.00 bits per heavy atom. The zero-order chi connectivity index (χ0) is 16.4. The molecule has 0 bridgehead atoms. The highest BCUT2D eigenvalue weighted by atomic mass is 35.5. The van der Waals surface area contributed by atoms with Crippen LogP contribution in [0.4, 0.5) is 0 Å². The molecule has 3 atom stereocenters. The molecule has 2 N–H and O–H groups in total. The third kappa shape index (κ3) is 3.90. The van der Waals surface area contributed by atoms with E-state index in [4.69, 9.17) is 10.5 Å². The molecule has 1 amide bonds. The first-order chi connectivity index (χ1) is 11.1. The van der Waals surface area contributed by atoms with E-state index in [9.17, 15) is 4.79 Å². The second-order valence-electron chi connectivity index (χ2n) is 6.85. The molecule has 7 nitrogen and oxygen atoms in total. The Morgan fingerprint density at radius 1 is 1.29 bits per heavy atom. The van der Waals surface area contributed by atoms with Gasteiger partial charge in [0.2, 0.25) is 5.91 Å². The number of piperidine rings is 1. The molecular weight excluding hydrogens is 330 g/mol. The van der Waals surface area contributed by atoms with E-state index in [2.05, 4.69) is 10.2 Å². The van der Waals surface area contributed by atoms with Crippen LogP contribution in [0.5, 0.6) is 0 Å². The molecule has 0 spiro atoms. The summed E-state index contributed by atoms with van der Waals surface area (Å²) in [6.07, 6.45) is 6.15. The maximum Gasteiger partial charge on any atom is 0.225 e. The second-order valence-corrected chi connectivity index (χ2v) is 6.85. The Morgan fingerprint density at radius 3 is 2.58 bits per heavy atom. The van der Waals surface area contributed by atoms with Gasteiger partial charge in [0.15, 0.2) is 0 Å². The molecule has 2 fully saturated rings.